The maximum atomic E-state index is 11.8. The average molecular weight is 291 g/mol. The summed E-state index contributed by atoms with van der Waals surface area (Å²) in [5.74, 6) is 0.137. The number of amides is 4. The smallest absolute Gasteiger partial charge is 0.322 e. The molecular formula is C14H17N3O4. The van der Waals surface area contributed by atoms with Crippen molar-refractivity contribution in [3.63, 3.8) is 0 Å². The van der Waals surface area contributed by atoms with Crippen LogP contribution in [0.4, 0.5) is 4.79 Å². The van der Waals surface area contributed by atoms with Crippen molar-refractivity contribution in [1.82, 2.24) is 16.0 Å². The molecule has 1 saturated heterocycles. The summed E-state index contributed by atoms with van der Waals surface area (Å²) in [6.07, 6.45) is 0.558. The van der Waals surface area contributed by atoms with Crippen LogP contribution in [0.3, 0.4) is 0 Å². The number of ether oxygens (including phenoxy) is 1. The monoisotopic (exact) mass is 291 g/mol. The molecule has 3 N–H and O–H groups in total. The zero-order chi connectivity index (χ0) is 15.2. The first-order valence-electron chi connectivity index (χ1n) is 6.60. The maximum absolute atomic E-state index is 11.8. The summed E-state index contributed by atoms with van der Waals surface area (Å²) in [4.78, 5) is 34.1. The Hall–Kier alpha value is -2.57. The number of methoxy groups -OCH3 is 1. The third kappa shape index (κ3) is 3.95. The Bertz CT molecular complexity index is 559. The summed E-state index contributed by atoms with van der Waals surface area (Å²) >= 11 is 0. The Kier molecular flexibility index (Phi) is 4.76. The van der Waals surface area contributed by atoms with Crippen LogP contribution in [0.5, 0.6) is 5.75 Å². The third-order valence-corrected chi connectivity index (χ3v) is 3.16. The van der Waals surface area contributed by atoms with Gasteiger partial charge in [0.25, 0.3) is 5.91 Å². The van der Waals surface area contributed by atoms with E-state index in [2.05, 4.69) is 16.0 Å². The highest BCUT2D eigenvalue weighted by molar-refractivity contribution is 6.04. The number of nitrogens with one attached hydrogen (secondary N) is 3. The van der Waals surface area contributed by atoms with Crippen molar-refractivity contribution in [3.8, 4) is 5.75 Å². The Morgan fingerprint density at radius 2 is 2.10 bits per heavy atom. The van der Waals surface area contributed by atoms with Crippen molar-refractivity contribution >= 4 is 17.8 Å². The molecule has 0 radical (unpaired) electrons. The minimum Gasteiger partial charge on any atom is -0.496 e. The van der Waals surface area contributed by atoms with E-state index >= 15 is 0 Å². The third-order valence-electron chi connectivity index (χ3n) is 3.16. The van der Waals surface area contributed by atoms with Crippen molar-refractivity contribution in [2.24, 2.45) is 0 Å². The molecule has 1 unspecified atom stereocenters. The van der Waals surface area contributed by atoms with E-state index < -0.39 is 12.1 Å². The molecular weight excluding hydrogens is 274 g/mol. The van der Waals surface area contributed by atoms with E-state index in [1.165, 1.54) is 0 Å². The van der Waals surface area contributed by atoms with Crippen LogP contribution in [0.2, 0.25) is 0 Å². The van der Waals surface area contributed by atoms with Gasteiger partial charge in [-0.1, -0.05) is 18.2 Å². The van der Waals surface area contributed by atoms with Crippen LogP contribution >= 0.6 is 0 Å². The topological polar surface area (TPSA) is 96.5 Å². The van der Waals surface area contributed by atoms with Crippen molar-refractivity contribution in [1.29, 1.82) is 0 Å². The molecule has 1 atom stereocenters. The Morgan fingerprint density at radius 3 is 2.76 bits per heavy atom. The molecule has 1 aromatic carbocycles. The van der Waals surface area contributed by atoms with Gasteiger partial charge in [0, 0.05) is 12.1 Å². The Labute approximate surface area is 122 Å². The van der Waals surface area contributed by atoms with Gasteiger partial charge in [-0.2, -0.15) is 0 Å². The SMILES string of the molecule is COc1ccccc1CC(=O)NCCC1NC(=O)NC1=O. The van der Waals surface area contributed by atoms with E-state index in [0.29, 0.717) is 18.7 Å². The zero-order valence-electron chi connectivity index (χ0n) is 11.6. The van der Waals surface area contributed by atoms with Crippen molar-refractivity contribution in [2.45, 2.75) is 18.9 Å². The molecule has 1 aliphatic rings. The fraction of sp³-hybridized carbons (Fsp3) is 0.357. The number of carbonyl (C=O) groups excluding carboxylic acids is 3. The second kappa shape index (κ2) is 6.74. The highest BCUT2D eigenvalue weighted by Crippen LogP contribution is 2.17. The minimum absolute atomic E-state index is 0.163. The molecule has 112 valence electrons. The number of carbonyl (C=O) groups is 3. The van der Waals surface area contributed by atoms with Crippen LogP contribution in [0.25, 0.3) is 0 Å². The number of hydrogen-bond acceptors (Lipinski definition) is 4. The molecule has 7 nitrogen and oxygen atoms in total. The summed E-state index contributed by atoms with van der Waals surface area (Å²) in [6, 6.07) is 6.21. The Balaban J connectivity index is 1.77. The van der Waals surface area contributed by atoms with Gasteiger partial charge in [0.2, 0.25) is 5.91 Å². The molecule has 0 bridgehead atoms. The van der Waals surface area contributed by atoms with Gasteiger partial charge in [-0.3, -0.25) is 14.9 Å². The predicted octanol–water partition coefficient (Wildman–Crippen LogP) is -0.0480. The van der Waals surface area contributed by atoms with E-state index in [4.69, 9.17) is 4.74 Å². The normalized spacial score (nSPS) is 17.1. The molecule has 0 aromatic heterocycles. The number of para-hydroxylation sites is 1. The molecule has 0 aliphatic carbocycles. The molecule has 1 aliphatic heterocycles. The number of urea groups is 1. The lowest BCUT2D eigenvalue weighted by atomic mass is 10.1. The van der Waals surface area contributed by atoms with Crippen LogP contribution in [0.1, 0.15) is 12.0 Å². The van der Waals surface area contributed by atoms with Crippen LogP contribution in [-0.4, -0.2) is 37.5 Å². The first-order chi connectivity index (χ1) is 10.1. The summed E-state index contributed by atoms with van der Waals surface area (Å²) in [6.45, 7) is 0.312. The van der Waals surface area contributed by atoms with E-state index in [0.717, 1.165) is 5.56 Å². The van der Waals surface area contributed by atoms with Gasteiger partial charge in [-0.15, -0.1) is 0 Å². The van der Waals surface area contributed by atoms with Gasteiger partial charge in [0.1, 0.15) is 11.8 Å². The largest absolute Gasteiger partial charge is 0.496 e. The van der Waals surface area contributed by atoms with Gasteiger partial charge < -0.3 is 15.4 Å². The number of benzene rings is 1. The van der Waals surface area contributed by atoms with E-state index in [1.54, 1.807) is 13.2 Å². The molecule has 7 heteroatoms. The quantitative estimate of drug-likeness (QED) is 0.640. The summed E-state index contributed by atoms with van der Waals surface area (Å²) < 4.78 is 5.18. The van der Waals surface area contributed by atoms with Gasteiger partial charge in [0.15, 0.2) is 0 Å². The summed E-state index contributed by atoms with van der Waals surface area (Å²) in [5.41, 5.74) is 0.796. The van der Waals surface area contributed by atoms with Crippen LogP contribution < -0.4 is 20.7 Å². The summed E-state index contributed by atoms with van der Waals surface area (Å²) in [5, 5.41) is 7.34. The van der Waals surface area contributed by atoms with Gasteiger partial charge in [-0.05, 0) is 12.5 Å². The van der Waals surface area contributed by atoms with Crippen LogP contribution in [0.15, 0.2) is 24.3 Å². The lowest BCUT2D eigenvalue weighted by Gasteiger charge is -2.10. The van der Waals surface area contributed by atoms with Crippen LogP contribution in [-0.2, 0) is 16.0 Å². The first-order valence-corrected chi connectivity index (χ1v) is 6.60. The van der Waals surface area contributed by atoms with Crippen molar-refractivity contribution < 1.29 is 19.1 Å². The highest BCUT2D eigenvalue weighted by Gasteiger charge is 2.28. The molecule has 1 aromatic rings. The molecule has 21 heavy (non-hydrogen) atoms. The van der Waals surface area contributed by atoms with Gasteiger partial charge in [0.05, 0.1) is 13.5 Å². The Morgan fingerprint density at radius 1 is 1.33 bits per heavy atom. The second-order valence-corrected chi connectivity index (χ2v) is 4.64. The molecule has 0 spiro atoms. The molecule has 2 rings (SSSR count). The minimum atomic E-state index is -0.580. The molecule has 1 heterocycles. The van der Waals surface area contributed by atoms with E-state index in [1.807, 2.05) is 18.2 Å². The fourth-order valence-corrected chi connectivity index (χ4v) is 2.10. The number of imide groups is 1. The van der Waals surface area contributed by atoms with Crippen LogP contribution in [0, 0.1) is 0 Å². The van der Waals surface area contributed by atoms with E-state index in [-0.39, 0.29) is 18.2 Å². The van der Waals surface area contributed by atoms with Crippen molar-refractivity contribution in [2.75, 3.05) is 13.7 Å². The average Bonchev–Trinajstić information content (AvgIpc) is 2.77. The second-order valence-electron chi connectivity index (χ2n) is 4.64. The lowest BCUT2D eigenvalue weighted by Crippen LogP contribution is -2.35. The highest BCUT2D eigenvalue weighted by atomic mass is 16.5. The fourth-order valence-electron chi connectivity index (χ4n) is 2.10. The van der Waals surface area contributed by atoms with Gasteiger partial charge in [-0.25, -0.2) is 4.79 Å². The number of rotatable bonds is 6. The van der Waals surface area contributed by atoms with Crippen molar-refractivity contribution in [3.05, 3.63) is 29.8 Å². The molecule has 1 fully saturated rings. The molecule has 0 saturated carbocycles. The van der Waals surface area contributed by atoms with E-state index in [9.17, 15) is 14.4 Å². The maximum Gasteiger partial charge on any atom is 0.322 e. The predicted molar refractivity (Wildman–Crippen MR) is 74.8 cm³/mol. The standard InChI is InChI=1S/C14H17N3O4/c1-21-11-5-3-2-4-9(11)8-12(18)15-7-6-10-13(19)17-14(20)16-10/h2-5,10H,6-8H2,1H3,(H,15,18)(H2,16,17,19,20). The summed E-state index contributed by atoms with van der Waals surface area (Å²) in [7, 11) is 1.55. The first kappa shape index (κ1) is 14.8. The van der Waals surface area contributed by atoms with Gasteiger partial charge >= 0.3 is 6.03 Å². The molecule has 4 amide bonds. The lowest BCUT2D eigenvalue weighted by molar-refractivity contribution is -0.122. The zero-order valence-corrected chi connectivity index (χ0v) is 11.6. The number of hydrogen-bond donors (Lipinski definition) is 3.